The highest BCUT2D eigenvalue weighted by atomic mass is 35.5. The van der Waals surface area contributed by atoms with Crippen LogP contribution in [0.15, 0.2) is 6.20 Å². The molecule has 1 aromatic heterocycles. The molecule has 0 aliphatic heterocycles. The fraction of sp³-hybridized carbons (Fsp3) is 0.643. The van der Waals surface area contributed by atoms with Crippen molar-refractivity contribution in [1.29, 1.82) is 0 Å². The lowest BCUT2D eigenvalue weighted by Crippen LogP contribution is -2.51. The zero-order valence-corrected chi connectivity index (χ0v) is 13.9. The summed E-state index contributed by atoms with van der Waals surface area (Å²) < 4.78 is 0. The Balaban J connectivity index is 0.00000220. The van der Waals surface area contributed by atoms with Crippen molar-refractivity contribution in [2.75, 3.05) is 6.54 Å². The van der Waals surface area contributed by atoms with Gasteiger partial charge in [-0.05, 0) is 12.8 Å². The molecule has 0 radical (unpaired) electrons. The minimum atomic E-state index is -0.302. The van der Waals surface area contributed by atoms with E-state index in [1.165, 1.54) is 6.20 Å². The molecule has 0 atom stereocenters. The van der Waals surface area contributed by atoms with Crippen molar-refractivity contribution in [3.05, 3.63) is 22.7 Å². The first-order valence-electron chi connectivity index (χ1n) is 7.02. The fourth-order valence-corrected chi connectivity index (χ4v) is 2.73. The predicted molar refractivity (Wildman–Crippen MR) is 86.1 cm³/mol. The second-order valence-electron chi connectivity index (χ2n) is 5.73. The quantitative estimate of drug-likeness (QED) is 0.888. The number of aromatic nitrogens is 2. The molecule has 118 valence electrons. The Bertz CT molecular complexity index is 502. The monoisotopic (exact) mass is 332 g/mol. The summed E-state index contributed by atoms with van der Waals surface area (Å²) in [6, 6.07) is 0. The van der Waals surface area contributed by atoms with E-state index in [1.807, 2.05) is 13.8 Å². The van der Waals surface area contributed by atoms with Crippen LogP contribution in [0.2, 0.25) is 5.02 Å². The molecule has 5 nitrogen and oxygen atoms in total. The maximum atomic E-state index is 12.4. The number of rotatable bonds is 4. The lowest BCUT2D eigenvalue weighted by molar-refractivity contribution is 0.0897. The summed E-state index contributed by atoms with van der Waals surface area (Å²) in [5, 5.41) is 3.30. The fourth-order valence-electron chi connectivity index (χ4n) is 2.55. The lowest BCUT2D eigenvalue weighted by atomic mass is 9.97. The van der Waals surface area contributed by atoms with E-state index in [2.05, 4.69) is 15.3 Å². The van der Waals surface area contributed by atoms with E-state index in [9.17, 15) is 4.79 Å². The Morgan fingerprint density at radius 1 is 1.48 bits per heavy atom. The first-order valence-corrected chi connectivity index (χ1v) is 7.40. The summed E-state index contributed by atoms with van der Waals surface area (Å²) in [6.07, 6.45) is 5.49. The molecule has 1 amide bonds. The van der Waals surface area contributed by atoms with Crippen molar-refractivity contribution < 1.29 is 4.79 Å². The van der Waals surface area contributed by atoms with Gasteiger partial charge in [0.15, 0.2) is 0 Å². The minimum Gasteiger partial charge on any atom is -0.344 e. The van der Waals surface area contributed by atoms with Gasteiger partial charge in [0, 0.05) is 12.5 Å². The van der Waals surface area contributed by atoms with Gasteiger partial charge < -0.3 is 11.1 Å². The Hall–Kier alpha value is -0.910. The third-order valence-corrected chi connectivity index (χ3v) is 4.10. The summed E-state index contributed by atoms with van der Waals surface area (Å²) in [5.74, 6) is 0.508. The van der Waals surface area contributed by atoms with Crippen LogP contribution in [-0.2, 0) is 0 Å². The van der Waals surface area contributed by atoms with Crippen LogP contribution in [0.25, 0.3) is 0 Å². The van der Waals surface area contributed by atoms with Gasteiger partial charge in [0.05, 0.1) is 16.8 Å². The van der Waals surface area contributed by atoms with Crippen LogP contribution in [0.4, 0.5) is 0 Å². The molecule has 3 N–H and O–H groups in total. The van der Waals surface area contributed by atoms with Gasteiger partial charge in [-0.2, -0.15) is 0 Å². The van der Waals surface area contributed by atoms with Gasteiger partial charge in [-0.15, -0.1) is 12.4 Å². The summed E-state index contributed by atoms with van der Waals surface area (Å²) in [7, 11) is 0. The van der Waals surface area contributed by atoms with Crippen LogP contribution in [0.1, 0.15) is 61.8 Å². The summed E-state index contributed by atoms with van der Waals surface area (Å²) in [5.41, 5.74) is 5.77. The molecule has 1 aliphatic carbocycles. The van der Waals surface area contributed by atoms with Crippen LogP contribution in [0, 0.1) is 0 Å². The SMILES string of the molecule is CC(C)c1ncc(Cl)c(C(=O)NC2(CN)CCCC2)n1.Cl. The average Bonchev–Trinajstić information content (AvgIpc) is 2.88. The molecular formula is C14H22Cl2N4O. The van der Waals surface area contributed by atoms with E-state index in [0.29, 0.717) is 12.4 Å². The van der Waals surface area contributed by atoms with Crippen LogP contribution < -0.4 is 11.1 Å². The number of hydrogen-bond acceptors (Lipinski definition) is 4. The summed E-state index contributed by atoms with van der Waals surface area (Å²) in [4.78, 5) is 20.8. The number of amides is 1. The van der Waals surface area contributed by atoms with Crippen molar-refractivity contribution in [2.45, 2.75) is 51.0 Å². The van der Waals surface area contributed by atoms with Crippen molar-refractivity contribution >= 4 is 29.9 Å². The second kappa shape index (κ2) is 7.38. The van der Waals surface area contributed by atoms with E-state index in [4.69, 9.17) is 17.3 Å². The Morgan fingerprint density at radius 2 is 2.10 bits per heavy atom. The number of nitrogens with one attached hydrogen (secondary N) is 1. The molecular weight excluding hydrogens is 311 g/mol. The zero-order chi connectivity index (χ0) is 14.8. The van der Waals surface area contributed by atoms with Gasteiger partial charge in [0.1, 0.15) is 11.5 Å². The van der Waals surface area contributed by atoms with Crippen LogP contribution in [-0.4, -0.2) is 28.0 Å². The third-order valence-electron chi connectivity index (χ3n) is 3.82. The standard InChI is InChI=1S/C14H21ClN4O.ClH/c1-9(2)12-17-7-10(15)11(18-12)13(20)19-14(8-16)5-3-4-6-14;/h7,9H,3-6,8,16H2,1-2H3,(H,19,20);1H. The number of carbonyl (C=O) groups is 1. The molecule has 0 bridgehead atoms. The average molecular weight is 333 g/mol. The molecule has 1 aliphatic rings. The van der Waals surface area contributed by atoms with Crippen molar-refractivity contribution in [2.24, 2.45) is 5.73 Å². The van der Waals surface area contributed by atoms with Crippen molar-refractivity contribution in [3.8, 4) is 0 Å². The Labute approximate surface area is 136 Å². The summed E-state index contributed by atoms with van der Waals surface area (Å²) in [6.45, 7) is 4.39. The maximum Gasteiger partial charge on any atom is 0.272 e. The molecule has 1 saturated carbocycles. The van der Waals surface area contributed by atoms with Crippen molar-refractivity contribution in [3.63, 3.8) is 0 Å². The molecule has 0 unspecified atom stereocenters. The molecule has 1 heterocycles. The molecule has 0 saturated heterocycles. The first kappa shape index (κ1) is 18.1. The molecule has 0 aromatic carbocycles. The van der Waals surface area contributed by atoms with Gasteiger partial charge in [0.25, 0.3) is 5.91 Å². The molecule has 21 heavy (non-hydrogen) atoms. The van der Waals surface area contributed by atoms with Crippen LogP contribution in [0.3, 0.4) is 0 Å². The normalized spacial score (nSPS) is 16.6. The minimum absolute atomic E-state index is 0. The van der Waals surface area contributed by atoms with Gasteiger partial charge >= 0.3 is 0 Å². The number of nitrogens with two attached hydrogens (primary N) is 1. The maximum absolute atomic E-state index is 12.4. The van der Waals surface area contributed by atoms with Gasteiger partial charge in [0.2, 0.25) is 0 Å². The Kier molecular flexibility index (Phi) is 6.38. The van der Waals surface area contributed by atoms with E-state index < -0.39 is 0 Å². The smallest absolute Gasteiger partial charge is 0.272 e. The van der Waals surface area contributed by atoms with E-state index in [0.717, 1.165) is 25.7 Å². The molecule has 2 rings (SSSR count). The Morgan fingerprint density at radius 3 is 2.62 bits per heavy atom. The zero-order valence-electron chi connectivity index (χ0n) is 12.4. The molecule has 1 fully saturated rings. The van der Waals surface area contributed by atoms with Gasteiger partial charge in [-0.3, -0.25) is 4.79 Å². The predicted octanol–water partition coefficient (Wildman–Crippen LogP) is 2.68. The number of halogens is 2. The lowest BCUT2D eigenvalue weighted by Gasteiger charge is -2.28. The number of nitrogens with zero attached hydrogens (tertiary/aromatic N) is 2. The van der Waals surface area contributed by atoms with Gasteiger partial charge in [-0.1, -0.05) is 38.3 Å². The largest absolute Gasteiger partial charge is 0.344 e. The van der Waals surface area contributed by atoms with Crippen molar-refractivity contribution in [1.82, 2.24) is 15.3 Å². The molecule has 7 heteroatoms. The first-order chi connectivity index (χ1) is 9.47. The van der Waals surface area contributed by atoms with Crippen LogP contribution >= 0.6 is 24.0 Å². The number of carbonyl (C=O) groups excluding carboxylic acids is 1. The highest BCUT2D eigenvalue weighted by molar-refractivity contribution is 6.33. The van der Waals surface area contributed by atoms with E-state index in [-0.39, 0.29) is 40.5 Å². The van der Waals surface area contributed by atoms with Gasteiger partial charge in [-0.25, -0.2) is 9.97 Å². The highest BCUT2D eigenvalue weighted by Crippen LogP contribution is 2.29. The third kappa shape index (κ3) is 4.05. The van der Waals surface area contributed by atoms with E-state index >= 15 is 0 Å². The molecule has 1 aromatic rings. The molecule has 0 spiro atoms. The number of hydrogen-bond donors (Lipinski definition) is 2. The second-order valence-corrected chi connectivity index (χ2v) is 6.13. The highest BCUT2D eigenvalue weighted by Gasteiger charge is 2.34. The summed E-state index contributed by atoms with van der Waals surface area (Å²) >= 11 is 6.05. The topological polar surface area (TPSA) is 80.9 Å². The van der Waals surface area contributed by atoms with Crippen LogP contribution in [0.5, 0.6) is 0 Å². The van der Waals surface area contributed by atoms with E-state index in [1.54, 1.807) is 0 Å².